The van der Waals surface area contributed by atoms with Crippen LogP contribution in [-0.2, 0) is 0 Å². The molecule has 0 radical (unpaired) electrons. The highest BCUT2D eigenvalue weighted by molar-refractivity contribution is 6.07. The molecule has 1 aromatic carbocycles. The first-order chi connectivity index (χ1) is 9.33. The average Bonchev–Trinajstić information content (AvgIpc) is 3.02. The summed E-state index contributed by atoms with van der Waals surface area (Å²) in [5, 5.41) is 8.39. The summed E-state index contributed by atoms with van der Waals surface area (Å²) in [6.45, 7) is 0.726. The van der Waals surface area contributed by atoms with Crippen molar-refractivity contribution in [3.63, 3.8) is 0 Å². The van der Waals surface area contributed by atoms with Crippen LogP contribution in [0.1, 0.15) is 0 Å². The van der Waals surface area contributed by atoms with Crippen LogP contribution in [-0.4, -0.2) is 29.9 Å². The van der Waals surface area contributed by atoms with E-state index >= 15 is 0 Å². The SMILES string of the molecule is CN1C=NN(c2cccc3c2oc2ncccc23)C1. The van der Waals surface area contributed by atoms with Gasteiger partial charge in [-0.05, 0) is 18.2 Å². The Morgan fingerprint density at radius 2 is 2.05 bits per heavy atom. The zero-order chi connectivity index (χ0) is 12.8. The Kier molecular flexibility index (Phi) is 2.03. The van der Waals surface area contributed by atoms with E-state index in [4.69, 9.17) is 4.42 Å². The second-order valence-electron chi connectivity index (χ2n) is 4.64. The number of furan rings is 1. The second-order valence-corrected chi connectivity index (χ2v) is 4.64. The molecule has 0 saturated carbocycles. The van der Waals surface area contributed by atoms with E-state index in [0.717, 1.165) is 28.7 Å². The van der Waals surface area contributed by atoms with Crippen molar-refractivity contribution in [2.75, 3.05) is 18.7 Å². The van der Waals surface area contributed by atoms with E-state index in [1.807, 2.05) is 41.2 Å². The van der Waals surface area contributed by atoms with Gasteiger partial charge in [0.1, 0.15) is 18.7 Å². The van der Waals surface area contributed by atoms with Crippen molar-refractivity contribution < 1.29 is 4.42 Å². The van der Waals surface area contributed by atoms with Gasteiger partial charge in [-0.2, -0.15) is 5.10 Å². The van der Waals surface area contributed by atoms with Crippen molar-refractivity contribution in [3.05, 3.63) is 36.5 Å². The van der Waals surface area contributed by atoms with Gasteiger partial charge in [0.05, 0.1) is 0 Å². The summed E-state index contributed by atoms with van der Waals surface area (Å²) in [4.78, 5) is 6.28. The van der Waals surface area contributed by atoms with Crippen LogP contribution in [0.25, 0.3) is 22.1 Å². The van der Waals surface area contributed by atoms with Crippen LogP contribution >= 0.6 is 0 Å². The summed E-state index contributed by atoms with van der Waals surface area (Å²) in [5.74, 6) is 0. The van der Waals surface area contributed by atoms with E-state index in [2.05, 4.69) is 16.2 Å². The topological polar surface area (TPSA) is 44.9 Å². The zero-order valence-corrected chi connectivity index (χ0v) is 10.4. The van der Waals surface area contributed by atoms with Crippen LogP contribution in [0.4, 0.5) is 5.69 Å². The Morgan fingerprint density at radius 1 is 1.16 bits per heavy atom. The van der Waals surface area contributed by atoms with Crippen LogP contribution in [0.2, 0.25) is 0 Å². The molecule has 0 saturated heterocycles. The van der Waals surface area contributed by atoms with Crippen molar-refractivity contribution in [1.29, 1.82) is 0 Å². The number of pyridine rings is 1. The monoisotopic (exact) mass is 252 g/mol. The van der Waals surface area contributed by atoms with Crippen molar-refractivity contribution in [1.82, 2.24) is 9.88 Å². The third-order valence-corrected chi connectivity index (χ3v) is 3.28. The molecule has 0 aliphatic carbocycles. The maximum atomic E-state index is 5.89. The number of hydrogen-bond donors (Lipinski definition) is 0. The molecule has 0 atom stereocenters. The van der Waals surface area contributed by atoms with Crippen LogP contribution in [0.15, 0.2) is 46.0 Å². The molecule has 5 heteroatoms. The molecule has 2 aromatic heterocycles. The minimum Gasteiger partial charge on any atom is -0.435 e. The summed E-state index contributed by atoms with van der Waals surface area (Å²) in [7, 11) is 1.99. The highest BCUT2D eigenvalue weighted by Crippen LogP contribution is 2.34. The summed E-state index contributed by atoms with van der Waals surface area (Å²) in [6, 6.07) is 10.0. The number of aromatic nitrogens is 1. The number of para-hydroxylation sites is 1. The summed E-state index contributed by atoms with van der Waals surface area (Å²) in [6.07, 6.45) is 3.55. The fraction of sp³-hybridized carbons (Fsp3) is 0.143. The molecule has 19 heavy (non-hydrogen) atoms. The van der Waals surface area contributed by atoms with E-state index in [1.54, 1.807) is 12.5 Å². The van der Waals surface area contributed by atoms with Gasteiger partial charge >= 0.3 is 0 Å². The Bertz CT molecular complexity index is 792. The number of rotatable bonds is 1. The van der Waals surface area contributed by atoms with Crippen LogP contribution < -0.4 is 5.01 Å². The van der Waals surface area contributed by atoms with E-state index in [-0.39, 0.29) is 0 Å². The second kappa shape index (κ2) is 3.71. The quantitative estimate of drug-likeness (QED) is 0.668. The van der Waals surface area contributed by atoms with Gasteiger partial charge in [-0.3, -0.25) is 0 Å². The normalized spacial score (nSPS) is 15.0. The van der Waals surface area contributed by atoms with Crippen LogP contribution in [0.3, 0.4) is 0 Å². The number of benzene rings is 1. The molecule has 1 aliphatic heterocycles. The minimum absolute atomic E-state index is 0.668. The third kappa shape index (κ3) is 1.48. The molecule has 0 unspecified atom stereocenters. The maximum Gasteiger partial charge on any atom is 0.227 e. The minimum atomic E-state index is 0.668. The molecular weight excluding hydrogens is 240 g/mol. The lowest BCUT2D eigenvalue weighted by Crippen LogP contribution is -2.22. The molecule has 0 fully saturated rings. The highest BCUT2D eigenvalue weighted by atomic mass is 16.3. The van der Waals surface area contributed by atoms with Crippen LogP contribution in [0, 0.1) is 0 Å². The van der Waals surface area contributed by atoms with Gasteiger partial charge in [-0.15, -0.1) is 0 Å². The fourth-order valence-corrected chi connectivity index (χ4v) is 2.39. The maximum absolute atomic E-state index is 5.89. The number of hydrogen-bond acceptors (Lipinski definition) is 5. The highest BCUT2D eigenvalue weighted by Gasteiger charge is 2.18. The lowest BCUT2D eigenvalue weighted by atomic mass is 10.2. The molecule has 5 nitrogen and oxygen atoms in total. The van der Waals surface area contributed by atoms with E-state index in [9.17, 15) is 0 Å². The first-order valence-corrected chi connectivity index (χ1v) is 6.11. The number of anilines is 1. The predicted molar refractivity (Wildman–Crippen MR) is 75.1 cm³/mol. The number of nitrogens with zero attached hydrogens (tertiary/aromatic N) is 4. The van der Waals surface area contributed by atoms with Crippen molar-refractivity contribution in [2.45, 2.75) is 0 Å². The molecule has 3 heterocycles. The molecule has 4 rings (SSSR count). The van der Waals surface area contributed by atoms with Gasteiger partial charge < -0.3 is 9.32 Å². The van der Waals surface area contributed by atoms with Gasteiger partial charge in [0.15, 0.2) is 5.58 Å². The van der Waals surface area contributed by atoms with E-state index < -0.39 is 0 Å². The molecule has 0 spiro atoms. The first-order valence-electron chi connectivity index (χ1n) is 6.11. The Morgan fingerprint density at radius 3 is 2.89 bits per heavy atom. The summed E-state index contributed by atoms with van der Waals surface area (Å²) >= 11 is 0. The fourth-order valence-electron chi connectivity index (χ4n) is 2.39. The molecule has 0 bridgehead atoms. The molecule has 0 N–H and O–H groups in total. The number of fused-ring (bicyclic) bond motifs is 3. The molecule has 3 aromatic rings. The van der Waals surface area contributed by atoms with Crippen molar-refractivity contribution in [3.8, 4) is 0 Å². The average molecular weight is 252 g/mol. The molecule has 0 amide bonds. The van der Waals surface area contributed by atoms with Gasteiger partial charge in [0.25, 0.3) is 0 Å². The molecular formula is C14H12N4O. The summed E-state index contributed by atoms with van der Waals surface area (Å²) < 4.78 is 5.89. The van der Waals surface area contributed by atoms with Gasteiger partial charge in [0, 0.05) is 24.0 Å². The zero-order valence-electron chi connectivity index (χ0n) is 10.4. The van der Waals surface area contributed by atoms with Crippen LogP contribution in [0.5, 0.6) is 0 Å². The Labute approximate surface area is 109 Å². The lowest BCUT2D eigenvalue weighted by Gasteiger charge is -2.15. The molecule has 1 aliphatic rings. The van der Waals surface area contributed by atoms with E-state index in [1.165, 1.54) is 0 Å². The Hall–Kier alpha value is -2.56. The molecule has 94 valence electrons. The third-order valence-electron chi connectivity index (χ3n) is 3.28. The van der Waals surface area contributed by atoms with E-state index in [0.29, 0.717) is 5.71 Å². The number of hydrazone groups is 1. The van der Waals surface area contributed by atoms with Crippen molar-refractivity contribution >= 4 is 34.1 Å². The Balaban J connectivity index is 1.99. The van der Waals surface area contributed by atoms with Crippen molar-refractivity contribution in [2.24, 2.45) is 5.10 Å². The first kappa shape index (κ1) is 10.4. The standard InChI is InChI=1S/C14H12N4O/c1-17-8-16-18(9-17)12-6-2-4-10-11-5-3-7-15-14(11)19-13(10)12/h2-8H,9H2,1H3. The van der Waals surface area contributed by atoms with Gasteiger partial charge in [-0.25, -0.2) is 9.99 Å². The lowest BCUT2D eigenvalue weighted by molar-refractivity contribution is 0.548. The van der Waals surface area contributed by atoms with Gasteiger partial charge in [-0.1, -0.05) is 12.1 Å². The van der Waals surface area contributed by atoms with Gasteiger partial charge in [0.2, 0.25) is 5.71 Å². The largest absolute Gasteiger partial charge is 0.435 e. The summed E-state index contributed by atoms with van der Waals surface area (Å²) in [5.41, 5.74) is 2.47. The smallest absolute Gasteiger partial charge is 0.227 e. The predicted octanol–water partition coefficient (Wildman–Crippen LogP) is 2.63.